The molecule has 0 bridgehead atoms. The Morgan fingerprint density at radius 3 is 1.19 bits per heavy atom. The molecule has 0 atom stereocenters. The number of nitrogens with zero attached hydrogens (tertiary/aromatic N) is 1. The molecule has 0 N–H and O–H groups in total. The van der Waals surface area contributed by atoms with Crippen molar-refractivity contribution in [3.05, 3.63) is 120 Å². The summed E-state index contributed by atoms with van der Waals surface area (Å²) in [6.45, 7) is 15.7. The van der Waals surface area contributed by atoms with Crippen LogP contribution in [0.1, 0.15) is 37.8 Å². The molecule has 0 spiro atoms. The highest BCUT2D eigenvalue weighted by Gasteiger charge is 2.50. The molecular weight excluding hydrogens is 819 g/mol. The van der Waals surface area contributed by atoms with Crippen molar-refractivity contribution in [1.29, 1.82) is 0 Å². The molecule has 0 saturated carbocycles. The number of likely N-dealkylation sites (N-methyl/N-ethyl adjacent to an activating group) is 1. The van der Waals surface area contributed by atoms with E-state index in [-0.39, 0.29) is 17.0 Å². The zero-order valence-electron chi connectivity index (χ0n) is 37.8. The number of benzene rings is 4. The summed E-state index contributed by atoms with van der Waals surface area (Å²) in [6, 6.07) is 37.9. The van der Waals surface area contributed by atoms with Crippen LogP contribution in [-0.4, -0.2) is 152 Å². The van der Waals surface area contributed by atoms with Gasteiger partial charge >= 0.3 is 6.09 Å². The van der Waals surface area contributed by atoms with Gasteiger partial charge in [0.05, 0.1) is 112 Å². The molecule has 0 saturated heterocycles. The predicted octanol–water partition coefficient (Wildman–Crippen LogP) is 6.58. The minimum Gasteiger partial charge on any atom is -0.448 e. The van der Waals surface area contributed by atoms with E-state index in [1.54, 1.807) is 7.05 Å². The third kappa shape index (κ3) is 15.9. The van der Waals surface area contributed by atoms with Gasteiger partial charge in [-0.1, -0.05) is 130 Å². The molecule has 4 aromatic rings. The van der Waals surface area contributed by atoms with E-state index in [2.05, 4.69) is 106 Å². The van der Waals surface area contributed by atoms with Crippen LogP contribution < -0.4 is 10.4 Å². The molecule has 4 aromatic carbocycles. The van der Waals surface area contributed by atoms with E-state index >= 15 is 0 Å². The minimum atomic E-state index is -2.55. The van der Waals surface area contributed by atoms with E-state index in [1.807, 2.05) is 24.3 Å². The van der Waals surface area contributed by atoms with Gasteiger partial charge in [-0.25, -0.2) is 4.79 Å². The molecular formula is C50H69NO11Si. The van der Waals surface area contributed by atoms with Crippen molar-refractivity contribution in [1.82, 2.24) is 4.90 Å². The maximum Gasteiger partial charge on any atom is 0.409 e. The van der Waals surface area contributed by atoms with Crippen LogP contribution in [0.25, 0.3) is 11.1 Å². The third-order valence-corrected chi connectivity index (χ3v) is 15.8. The lowest BCUT2D eigenvalue weighted by Crippen LogP contribution is -2.66. The van der Waals surface area contributed by atoms with Crippen LogP contribution in [0.2, 0.25) is 5.04 Å². The summed E-state index contributed by atoms with van der Waals surface area (Å²) in [5.41, 5.74) is 4.80. The van der Waals surface area contributed by atoms with Gasteiger partial charge < -0.3 is 52.0 Å². The Bertz CT molecular complexity index is 1760. The monoisotopic (exact) mass is 887 g/mol. The molecule has 0 aromatic heterocycles. The number of fused-ring (bicyclic) bond motifs is 3. The molecule has 0 fully saturated rings. The number of carbonyl (C=O) groups is 1. The standard InChI is InChI=1S/C50H69NO11Si/c1-50(2,3)63(42-15-7-5-8-16-42,43-17-9-6-10-18-43)62-40-39-60-38-37-59-36-35-58-34-33-57-32-31-56-30-29-55-28-27-54-26-25-53-24-23-51(4)49(52)61-41-48-46-21-13-11-19-44(46)45-20-12-14-22-47(45)48/h5-22,48H,23-41H2,1-4H3. The Morgan fingerprint density at radius 2 is 0.810 bits per heavy atom. The average Bonchev–Trinajstić information content (AvgIpc) is 3.62. The highest BCUT2D eigenvalue weighted by Crippen LogP contribution is 2.44. The summed E-state index contributed by atoms with van der Waals surface area (Å²) in [6.07, 6.45) is -0.364. The SMILES string of the molecule is CN(CCOCCOCCOCCOCCOCCOCCOCCOCCO[Si](c1ccccc1)(c1ccccc1)C(C)(C)C)C(=O)OCC1c2ccccc2-c2ccccc21. The summed E-state index contributed by atoms with van der Waals surface area (Å²) in [7, 11) is -0.833. The zero-order valence-corrected chi connectivity index (χ0v) is 38.8. The molecule has 1 amide bonds. The first-order valence-corrected chi connectivity index (χ1v) is 24.2. The summed E-state index contributed by atoms with van der Waals surface area (Å²) < 4.78 is 57.6. The first-order valence-electron chi connectivity index (χ1n) is 22.3. The fourth-order valence-corrected chi connectivity index (χ4v) is 12.2. The van der Waals surface area contributed by atoms with Gasteiger partial charge in [-0.2, -0.15) is 0 Å². The van der Waals surface area contributed by atoms with Crippen LogP contribution in [0.15, 0.2) is 109 Å². The first-order chi connectivity index (χ1) is 30.8. The topological polar surface area (TPSA) is 113 Å². The van der Waals surface area contributed by atoms with E-state index in [1.165, 1.54) is 37.5 Å². The maximum atomic E-state index is 12.7. The molecule has 5 rings (SSSR count). The van der Waals surface area contributed by atoms with E-state index in [4.69, 9.17) is 47.1 Å². The molecule has 0 unspecified atom stereocenters. The van der Waals surface area contributed by atoms with Gasteiger partial charge in [-0.15, -0.1) is 0 Å². The molecule has 63 heavy (non-hydrogen) atoms. The number of ether oxygens (including phenoxy) is 9. The molecule has 344 valence electrons. The van der Waals surface area contributed by atoms with Gasteiger partial charge in [0, 0.05) is 19.5 Å². The van der Waals surface area contributed by atoms with Gasteiger partial charge in [0.2, 0.25) is 0 Å². The lowest BCUT2D eigenvalue weighted by molar-refractivity contribution is -0.0239. The number of hydrogen-bond donors (Lipinski definition) is 0. The van der Waals surface area contributed by atoms with Gasteiger partial charge in [-0.3, -0.25) is 0 Å². The molecule has 0 heterocycles. The molecule has 0 aliphatic heterocycles. The molecule has 1 aliphatic rings. The zero-order chi connectivity index (χ0) is 44.4. The van der Waals surface area contributed by atoms with Crippen LogP contribution in [0.5, 0.6) is 0 Å². The van der Waals surface area contributed by atoms with Gasteiger partial charge in [-0.05, 0) is 37.7 Å². The van der Waals surface area contributed by atoms with Gasteiger partial charge in [0.25, 0.3) is 8.32 Å². The van der Waals surface area contributed by atoms with Crippen molar-refractivity contribution in [2.24, 2.45) is 0 Å². The Labute approximate surface area is 376 Å². The van der Waals surface area contributed by atoms with Crippen molar-refractivity contribution in [2.75, 3.05) is 133 Å². The highest BCUT2D eigenvalue weighted by atomic mass is 28.4. The second-order valence-electron chi connectivity index (χ2n) is 16.1. The number of carbonyl (C=O) groups excluding carboxylic acids is 1. The molecule has 12 nitrogen and oxygen atoms in total. The minimum absolute atomic E-state index is 0.0365. The number of amides is 1. The Kier molecular flexibility index (Phi) is 22.3. The highest BCUT2D eigenvalue weighted by molar-refractivity contribution is 6.99. The van der Waals surface area contributed by atoms with Gasteiger partial charge in [0.15, 0.2) is 0 Å². The predicted molar refractivity (Wildman–Crippen MR) is 248 cm³/mol. The Balaban J connectivity index is 0.749. The Hall–Kier alpha value is -3.99. The number of rotatable bonds is 32. The fraction of sp³-hybridized carbons (Fsp3) is 0.500. The van der Waals surface area contributed by atoms with Crippen LogP contribution in [0, 0.1) is 0 Å². The summed E-state index contributed by atoms with van der Waals surface area (Å²) in [4.78, 5) is 14.2. The van der Waals surface area contributed by atoms with Gasteiger partial charge in [0.1, 0.15) is 6.61 Å². The van der Waals surface area contributed by atoms with Crippen molar-refractivity contribution in [3.8, 4) is 11.1 Å². The van der Waals surface area contributed by atoms with E-state index in [0.29, 0.717) is 125 Å². The van der Waals surface area contributed by atoms with E-state index in [0.717, 1.165) is 0 Å². The van der Waals surface area contributed by atoms with Crippen molar-refractivity contribution in [2.45, 2.75) is 31.7 Å². The molecule has 0 radical (unpaired) electrons. The fourth-order valence-electron chi connectivity index (χ4n) is 7.65. The van der Waals surface area contributed by atoms with E-state index in [9.17, 15) is 4.79 Å². The maximum absolute atomic E-state index is 12.7. The number of hydrogen-bond acceptors (Lipinski definition) is 11. The molecule has 1 aliphatic carbocycles. The van der Waals surface area contributed by atoms with Crippen LogP contribution >= 0.6 is 0 Å². The quantitative estimate of drug-likeness (QED) is 0.0392. The lowest BCUT2D eigenvalue weighted by Gasteiger charge is -2.43. The van der Waals surface area contributed by atoms with Crippen LogP contribution in [0.3, 0.4) is 0 Å². The smallest absolute Gasteiger partial charge is 0.409 e. The summed E-state index contributed by atoms with van der Waals surface area (Å²) >= 11 is 0. The Morgan fingerprint density at radius 1 is 0.476 bits per heavy atom. The average molecular weight is 888 g/mol. The third-order valence-electron chi connectivity index (χ3n) is 10.8. The van der Waals surface area contributed by atoms with E-state index < -0.39 is 8.32 Å². The first kappa shape index (κ1) is 50.0. The van der Waals surface area contributed by atoms with Crippen molar-refractivity contribution >= 4 is 24.8 Å². The summed E-state index contributed by atoms with van der Waals surface area (Å²) in [5, 5.41) is 2.46. The van der Waals surface area contributed by atoms with Crippen LogP contribution in [-0.2, 0) is 47.1 Å². The van der Waals surface area contributed by atoms with Crippen molar-refractivity contribution in [3.63, 3.8) is 0 Å². The van der Waals surface area contributed by atoms with Crippen molar-refractivity contribution < 1.29 is 51.9 Å². The lowest BCUT2D eigenvalue weighted by atomic mass is 9.98. The normalized spacial score (nSPS) is 12.6. The largest absolute Gasteiger partial charge is 0.448 e. The van der Waals surface area contributed by atoms with Crippen LogP contribution in [0.4, 0.5) is 4.79 Å². The summed E-state index contributed by atoms with van der Waals surface area (Å²) in [5.74, 6) is 0.0365. The second kappa shape index (κ2) is 28.0. The molecule has 13 heteroatoms. The second-order valence-corrected chi connectivity index (χ2v) is 20.4.